The van der Waals surface area contributed by atoms with Crippen LogP contribution in [0.15, 0.2) is 0 Å². The first-order valence-electron chi connectivity index (χ1n) is 9.11. The molecule has 2 aromatic rings. The predicted octanol–water partition coefficient (Wildman–Crippen LogP) is 2.57. The molecule has 0 atom stereocenters. The number of carbonyl (C=O) groups is 1. The molecule has 146 valence electrons. The second-order valence-corrected chi connectivity index (χ2v) is 7.37. The number of nitrogens with zero attached hydrogens (tertiary/aromatic N) is 5. The molecular formula is C17H21F3N6O. The van der Waals surface area contributed by atoms with Gasteiger partial charge < -0.3 is 10.2 Å². The van der Waals surface area contributed by atoms with Gasteiger partial charge in [0.25, 0.3) is 5.82 Å². The number of hydrogen-bond donors (Lipinski definition) is 1. The van der Waals surface area contributed by atoms with Crippen LogP contribution in [-0.2, 0) is 11.0 Å². The van der Waals surface area contributed by atoms with E-state index in [9.17, 15) is 18.0 Å². The summed E-state index contributed by atoms with van der Waals surface area (Å²) in [7, 11) is 0. The van der Waals surface area contributed by atoms with Crippen LogP contribution in [0.25, 0.3) is 5.65 Å². The molecule has 3 heterocycles. The van der Waals surface area contributed by atoms with Gasteiger partial charge in [-0.05, 0) is 45.1 Å². The van der Waals surface area contributed by atoms with Crippen molar-refractivity contribution in [1.29, 1.82) is 0 Å². The highest BCUT2D eigenvalue weighted by Crippen LogP contribution is 2.33. The Labute approximate surface area is 153 Å². The predicted molar refractivity (Wildman–Crippen MR) is 91.2 cm³/mol. The van der Waals surface area contributed by atoms with Crippen molar-refractivity contribution >= 4 is 17.4 Å². The Hall–Kier alpha value is -2.39. The normalized spacial score (nSPS) is 18.9. The van der Waals surface area contributed by atoms with Crippen molar-refractivity contribution < 1.29 is 18.0 Å². The number of rotatable bonds is 3. The van der Waals surface area contributed by atoms with Crippen LogP contribution in [0.4, 0.5) is 19.0 Å². The molecule has 1 N–H and O–H groups in total. The number of piperidine rings is 1. The molecule has 0 spiro atoms. The molecule has 0 unspecified atom stereocenters. The lowest BCUT2D eigenvalue weighted by Crippen LogP contribution is -2.43. The molecule has 1 aliphatic heterocycles. The van der Waals surface area contributed by atoms with Crippen LogP contribution >= 0.6 is 0 Å². The van der Waals surface area contributed by atoms with Crippen molar-refractivity contribution in [2.24, 2.45) is 5.92 Å². The topological polar surface area (TPSA) is 75.4 Å². The number of aryl methyl sites for hydroxylation is 1. The van der Waals surface area contributed by atoms with E-state index in [0.717, 1.165) is 35.8 Å². The Morgan fingerprint density at radius 2 is 1.74 bits per heavy atom. The summed E-state index contributed by atoms with van der Waals surface area (Å²) < 4.78 is 40.2. The molecule has 7 nitrogen and oxygen atoms in total. The highest BCUT2D eigenvalue weighted by Gasteiger charge is 2.38. The quantitative estimate of drug-likeness (QED) is 0.883. The zero-order chi connectivity index (χ0) is 19.3. The van der Waals surface area contributed by atoms with Gasteiger partial charge in [-0.2, -0.15) is 17.7 Å². The highest BCUT2D eigenvalue weighted by molar-refractivity contribution is 5.81. The van der Waals surface area contributed by atoms with Gasteiger partial charge in [0.1, 0.15) is 0 Å². The number of carbonyl (C=O) groups excluding carboxylic acids is 1. The Bertz CT molecular complexity index is 881. The first-order valence-corrected chi connectivity index (χ1v) is 9.11. The van der Waals surface area contributed by atoms with Crippen molar-refractivity contribution in [3.05, 3.63) is 17.0 Å². The molecule has 2 fully saturated rings. The van der Waals surface area contributed by atoms with E-state index in [-0.39, 0.29) is 23.5 Å². The van der Waals surface area contributed by atoms with Crippen LogP contribution in [0.1, 0.15) is 42.6 Å². The van der Waals surface area contributed by atoms with Gasteiger partial charge in [0, 0.05) is 30.6 Å². The maximum Gasteiger partial charge on any atom is 0.453 e. The van der Waals surface area contributed by atoms with Crippen molar-refractivity contribution in [2.45, 2.75) is 51.7 Å². The van der Waals surface area contributed by atoms with Gasteiger partial charge in [-0.1, -0.05) is 0 Å². The van der Waals surface area contributed by atoms with E-state index in [1.54, 1.807) is 13.8 Å². The SMILES string of the molecule is Cc1c(NC2CCN(C(=O)C3CC3)CC2)nn2c(C(F)(F)F)nnc2c1C. The first kappa shape index (κ1) is 18.0. The summed E-state index contributed by atoms with van der Waals surface area (Å²) in [6, 6.07) is 0.0575. The van der Waals surface area contributed by atoms with Gasteiger partial charge in [0.2, 0.25) is 5.91 Å². The Morgan fingerprint density at radius 1 is 1.07 bits per heavy atom. The van der Waals surface area contributed by atoms with Crippen molar-refractivity contribution in [3.8, 4) is 0 Å². The number of anilines is 1. The average molecular weight is 382 g/mol. The maximum atomic E-state index is 13.1. The molecule has 4 rings (SSSR count). The Kier molecular flexibility index (Phi) is 4.23. The van der Waals surface area contributed by atoms with E-state index < -0.39 is 12.0 Å². The molecule has 1 saturated carbocycles. The first-order chi connectivity index (χ1) is 12.8. The number of aromatic nitrogens is 4. The summed E-state index contributed by atoms with van der Waals surface area (Å²) in [5.74, 6) is -0.289. The van der Waals surface area contributed by atoms with Crippen LogP contribution in [0, 0.1) is 19.8 Å². The van der Waals surface area contributed by atoms with Crippen LogP contribution in [0.2, 0.25) is 0 Å². The molecule has 1 aliphatic carbocycles. The van der Waals surface area contributed by atoms with Gasteiger partial charge in [0.05, 0.1) is 0 Å². The number of likely N-dealkylation sites (tertiary alicyclic amines) is 1. The largest absolute Gasteiger partial charge is 0.453 e. The lowest BCUT2D eigenvalue weighted by Gasteiger charge is -2.33. The summed E-state index contributed by atoms with van der Waals surface area (Å²) in [5.41, 5.74) is 1.46. The molecule has 1 amide bonds. The van der Waals surface area contributed by atoms with Crippen LogP contribution in [0.5, 0.6) is 0 Å². The zero-order valence-electron chi connectivity index (χ0n) is 15.2. The third-order valence-electron chi connectivity index (χ3n) is 5.42. The third kappa shape index (κ3) is 3.32. The van der Waals surface area contributed by atoms with Gasteiger partial charge in [-0.25, -0.2) is 0 Å². The van der Waals surface area contributed by atoms with E-state index in [4.69, 9.17) is 0 Å². The van der Waals surface area contributed by atoms with Gasteiger partial charge in [-0.15, -0.1) is 15.3 Å². The molecule has 10 heteroatoms. The van der Waals surface area contributed by atoms with E-state index in [2.05, 4.69) is 20.6 Å². The van der Waals surface area contributed by atoms with Crippen molar-refractivity contribution in [3.63, 3.8) is 0 Å². The second-order valence-electron chi connectivity index (χ2n) is 7.37. The molecule has 0 aromatic carbocycles. The Morgan fingerprint density at radius 3 is 2.33 bits per heavy atom. The highest BCUT2D eigenvalue weighted by atomic mass is 19.4. The van der Waals surface area contributed by atoms with Crippen LogP contribution in [0.3, 0.4) is 0 Å². The molecule has 0 radical (unpaired) electrons. The fraction of sp³-hybridized carbons (Fsp3) is 0.647. The molecule has 1 saturated heterocycles. The number of fused-ring (bicyclic) bond motifs is 1. The molecule has 2 aromatic heterocycles. The maximum absolute atomic E-state index is 13.1. The number of amides is 1. The molecule has 0 bridgehead atoms. The zero-order valence-corrected chi connectivity index (χ0v) is 15.2. The summed E-state index contributed by atoms with van der Waals surface area (Å²) in [4.78, 5) is 14.0. The summed E-state index contributed by atoms with van der Waals surface area (Å²) in [5, 5.41) is 14.3. The Balaban J connectivity index is 1.53. The average Bonchev–Trinajstić information content (AvgIpc) is 3.38. The van der Waals surface area contributed by atoms with Crippen molar-refractivity contribution in [2.75, 3.05) is 18.4 Å². The lowest BCUT2D eigenvalue weighted by molar-refractivity contribution is -0.146. The standard InChI is InChI=1S/C17H21F3N6O/c1-9-10(2)14-22-23-16(17(18,19)20)26(14)24-13(9)21-12-5-7-25(8-6-12)15(27)11-3-4-11/h11-12H,3-8H2,1-2H3,(H,21,24). The van der Waals surface area contributed by atoms with Crippen LogP contribution < -0.4 is 5.32 Å². The molecule has 27 heavy (non-hydrogen) atoms. The van der Waals surface area contributed by atoms with E-state index in [0.29, 0.717) is 24.5 Å². The van der Waals surface area contributed by atoms with E-state index >= 15 is 0 Å². The fourth-order valence-corrected chi connectivity index (χ4v) is 3.47. The fourth-order valence-electron chi connectivity index (χ4n) is 3.47. The molecule has 2 aliphatic rings. The number of alkyl halides is 3. The number of hydrogen-bond acceptors (Lipinski definition) is 5. The van der Waals surface area contributed by atoms with E-state index in [1.165, 1.54) is 0 Å². The lowest BCUT2D eigenvalue weighted by atomic mass is 10.0. The number of halogens is 3. The van der Waals surface area contributed by atoms with E-state index in [1.807, 2.05) is 4.90 Å². The van der Waals surface area contributed by atoms with Crippen LogP contribution in [-0.4, -0.2) is 49.7 Å². The minimum absolute atomic E-state index is 0.0575. The second kappa shape index (κ2) is 6.35. The summed E-state index contributed by atoms with van der Waals surface area (Å²) in [6.45, 7) is 4.84. The van der Waals surface area contributed by atoms with Crippen molar-refractivity contribution in [1.82, 2.24) is 24.7 Å². The van der Waals surface area contributed by atoms with Gasteiger partial charge in [-0.3, -0.25) is 4.79 Å². The van der Waals surface area contributed by atoms with Gasteiger partial charge in [0.15, 0.2) is 11.5 Å². The minimum Gasteiger partial charge on any atom is -0.366 e. The minimum atomic E-state index is -4.63. The number of nitrogens with one attached hydrogen (secondary N) is 1. The smallest absolute Gasteiger partial charge is 0.366 e. The monoisotopic (exact) mass is 382 g/mol. The third-order valence-corrected chi connectivity index (χ3v) is 5.42. The van der Waals surface area contributed by atoms with Gasteiger partial charge >= 0.3 is 6.18 Å². The summed E-state index contributed by atoms with van der Waals surface area (Å²) >= 11 is 0. The molecular weight excluding hydrogens is 361 g/mol. The summed E-state index contributed by atoms with van der Waals surface area (Å²) in [6.07, 6.45) is -1.17.